The molecule has 0 bridgehead atoms. The lowest BCUT2D eigenvalue weighted by Crippen LogP contribution is -1.87. The van der Waals surface area contributed by atoms with E-state index in [0.29, 0.717) is 5.92 Å². The van der Waals surface area contributed by atoms with Crippen LogP contribution in [0, 0.1) is 0 Å². The molecule has 1 aromatic heterocycles. The monoisotopic (exact) mass is 189 g/mol. The van der Waals surface area contributed by atoms with Crippen molar-refractivity contribution >= 4 is 11.0 Å². The summed E-state index contributed by atoms with van der Waals surface area (Å²) in [4.78, 5) is 0. The van der Waals surface area contributed by atoms with Crippen LogP contribution in [-0.2, 0) is 6.42 Å². The van der Waals surface area contributed by atoms with Crippen molar-refractivity contribution in [2.45, 2.75) is 33.1 Å². The Balaban J connectivity index is 2.63. The SMILES string of the molecule is CCc1ccc2onc(C(C)C)c2c1. The highest BCUT2D eigenvalue weighted by Crippen LogP contribution is 2.25. The van der Waals surface area contributed by atoms with Crippen LogP contribution in [0.3, 0.4) is 0 Å². The molecule has 74 valence electrons. The second kappa shape index (κ2) is 3.45. The lowest BCUT2D eigenvalue weighted by atomic mass is 10.0. The molecule has 2 heteroatoms. The third kappa shape index (κ3) is 1.41. The summed E-state index contributed by atoms with van der Waals surface area (Å²) in [5.41, 5.74) is 3.30. The van der Waals surface area contributed by atoms with Gasteiger partial charge in [0.05, 0.1) is 5.69 Å². The Morgan fingerprint density at radius 2 is 2.14 bits per heavy atom. The van der Waals surface area contributed by atoms with E-state index in [4.69, 9.17) is 4.52 Å². The Bertz CT molecular complexity index is 443. The van der Waals surface area contributed by atoms with Crippen molar-refractivity contribution in [1.29, 1.82) is 0 Å². The largest absolute Gasteiger partial charge is 0.356 e. The van der Waals surface area contributed by atoms with Gasteiger partial charge in [0, 0.05) is 5.39 Å². The number of aromatic nitrogens is 1. The normalized spacial score (nSPS) is 11.4. The number of aryl methyl sites for hydroxylation is 1. The molecule has 0 N–H and O–H groups in total. The lowest BCUT2D eigenvalue weighted by molar-refractivity contribution is 0.441. The summed E-state index contributed by atoms with van der Waals surface area (Å²) in [5.74, 6) is 0.420. The van der Waals surface area contributed by atoms with Gasteiger partial charge in [-0.2, -0.15) is 0 Å². The van der Waals surface area contributed by atoms with Crippen LogP contribution < -0.4 is 0 Å². The molecule has 0 saturated heterocycles. The van der Waals surface area contributed by atoms with E-state index < -0.39 is 0 Å². The average Bonchev–Trinajstić information content (AvgIpc) is 2.59. The molecule has 14 heavy (non-hydrogen) atoms. The standard InChI is InChI=1S/C12H15NO/c1-4-9-5-6-11-10(7-9)12(8(2)3)13-14-11/h5-8H,4H2,1-3H3. The zero-order valence-electron chi connectivity index (χ0n) is 8.87. The first-order valence-electron chi connectivity index (χ1n) is 5.10. The van der Waals surface area contributed by atoms with E-state index in [1.807, 2.05) is 6.07 Å². The van der Waals surface area contributed by atoms with Crippen molar-refractivity contribution in [3.63, 3.8) is 0 Å². The van der Waals surface area contributed by atoms with Crippen molar-refractivity contribution in [3.05, 3.63) is 29.5 Å². The minimum atomic E-state index is 0.420. The van der Waals surface area contributed by atoms with Crippen molar-refractivity contribution in [3.8, 4) is 0 Å². The molecule has 0 unspecified atom stereocenters. The third-order valence-corrected chi connectivity index (χ3v) is 2.52. The summed E-state index contributed by atoms with van der Waals surface area (Å²) in [7, 11) is 0. The van der Waals surface area contributed by atoms with E-state index in [9.17, 15) is 0 Å². The molecule has 0 radical (unpaired) electrons. The minimum Gasteiger partial charge on any atom is -0.356 e. The smallest absolute Gasteiger partial charge is 0.167 e. The number of hydrogen-bond donors (Lipinski definition) is 0. The molecule has 0 amide bonds. The average molecular weight is 189 g/mol. The van der Waals surface area contributed by atoms with Gasteiger partial charge in [0.25, 0.3) is 0 Å². The van der Waals surface area contributed by atoms with Gasteiger partial charge >= 0.3 is 0 Å². The molecular formula is C12H15NO. The van der Waals surface area contributed by atoms with Crippen molar-refractivity contribution in [2.24, 2.45) is 0 Å². The predicted molar refractivity (Wildman–Crippen MR) is 57.5 cm³/mol. The van der Waals surface area contributed by atoms with E-state index in [1.54, 1.807) is 0 Å². The zero-order chi connectivity index (χ0) is 10.1. The molecule has 0 aliphatic carbocycles. The van der Waals surface area contributed by atoms with Gasteiger partial charge in [0.1, 0.15) is 0 Å². The maximum absolute atomic E-state index is 5.26. The first-order chi connectivity index (χ1) is 6.72. The molecule has 2 nitrogen and oxygen atoms in total. The molecule has 0 saturated carbocycles. The molecule has 2 aromatic rings. The Morgan fingerprint density at radius 3 is 2.79 bits per heavy atom. The second-order valence-corrected chi connectivity index (χ2v) is 3.91. The fourth-order valence-electron chi connectivity index (χ4n) is 1.64. The van der Waals surface area contributed by atoms with Crippen LogP contribution >= 0.6 is 0 Å². The Hall–Kier alpha value is -1.31. The molecule has 0 spiro atoms. The lowest BCUT2D eigenvalue weighted by Gasteiger charge is -1.99. The highest BCUT2D eigenvalue weighted by atomic mass is 16.5. The summed E-state index contributed by atoms with van der Waals surface area (Å²) >= 11 is 0. The van der Waals surface area contributed by atoms with Gasteiger partial charge < -0.3 is 4.52 Å². The van der Waals surface area contributed by atoms with Crippen LogP contribution in [-0.4, -0.2) is 5.16 Å². The van der Waals surface area contributed by atoms with E-state index in [1.165, 1.54) is 10.9 Å². The molecule has 0 aliphatic heterocycles. The first-order valence-corrected chi connectivity index (χ1v) is 5.10. The van der Waals surface area contributed by atoms with Crippen LogP contribution in [0.1, 0.15) is 37.9 Å². The minimum absolute atomic E-state index is 0.420. The van der Waals surface area contributed by atoms with Gasteiger partial charge in [-0.25, -0.2) is 0 Å². The maximum Gasteiger partial charge on any atom is 0.167 e. The van der Waals surface area contributed by atoms with E-state index >= 15 is 0 Å². The molecule has 1 heterocycles. The van der Waals surface area contributed by atoms with Crippen molar-refractivity contribution in [1.82, 2.24) is 5.16 Å². The van der Waals surface area contributed by atoms with Crippen molar-refractivity contribution in [2.75, 3.05) is 0 Å². The highest BCUT2D eigenvalue weighted by molar-refractivity contribution is 5.80. The second-order valence-electron chi connectivity index (χ2n) is 3.91. The highest BCUT2D eigenvalue weighted by Gasteiger charge is 2.11. The predicted octanol–water partition coefficient (Wildman–Crippen LogP) is 3.51. The zero-order valence-corrected chi connectivity index (χ0v) is 8.87. The van der Waals surface area contributed by atoms with E-state index in [2.05, 4.69) is 38.1 Å². The first kappa shape index (κ1) is 9.25. The Labute approximate surface area is 83.9 Å². The number of hydrogen-bond acceptors (Lipinski definition) is 2. The summed E-state index contributed by atoms with van der Waals surface area (Å²) in [5, 5.41) is 5.26. The summed E-state index contributed by atoms with van der Waals surface area (Å²) in [6.45, 7) is 6.43. The van der Waals surface area contributed by atoms with Gasteiger partial charge in [-0.15, -0.1) is 0 Å². The van der Waals surface area contributed by atoms with Crippen molar-refractivity contribution < 1.29 is 4.52 Å². The number of fused-ring (bicyclic) bond motifs is 1. The Kier molecular flexibility index (Phi) is 2.28. The van der Waals surface area contributed by atoms with Crippen LogP contribution in [0.4, 0.5) is 0 Å². The van der Waals surface area contributed by atoms with Crippen LogP contribution in [0.2, 0.25) is 0 Å². The topological polar surface area (TPSA) is 26.0 Å². The van der Waals surface area contributed by atoms with Crippen LogP contribution in [0.15, 0.2) is 22.7 Å². The van der Waals surface area contributed by atoms with Gasteiger partial charge in [0.2, 0.25) is 0 Å². The van der Waals surface area contributed by atoms with E-state index in [0.717, 1.165) is 17.7 Å². The fraction of sp³-hybridized carbons (Fsp3) is 0.417. The van der Waals surface area contributed by atoms with Gasteiger partial charge in [0.15, 0.2) is 5.58 Å². The molecular weight excluding hydrogens is 174 g/mol. The Morgan fingerprint density at radius 1 is 1.36 bits per heavy atom. The van der Waals surface area contributed by atoms with E-state index in [-0.39, 0.29) is 0 Å². The number of nitrogens with zero attached hydrogens (tertiary/aromatic N) is 1. The summed E-state index contributed by atoms with van der Waals surface area (Å²) in [6.07, 6.45) is 1.05. The molecule has 1 aromatic carbocycles. The molecule has 2 rings (SSSR count). The van der Waals surface area contributed by atoms with Gasteiger partial charge in [-0.3, -0.25) is 0 Å². The quantitative estimate of drug-likeness (QED) is 0.722. The number of rotatable bonds is 2. The van der Waals surface area contributed by atoms with Crippen LogP contribution in [0.5, 0.6) is 0 Å². The number of benzene rings is 1. The summed E-state index contributed by atoms with van der Waals surface area (Å²) in [6, 6.07) is 6.28. The fourth-order valence-corrected chi connectivity index (χ4v) is 1.64. The van der Waals surface area contributed by atoms with Gasteiger partial charge in [-0.1, -0.05) is 32.0 Å². The summed E-state index contributed by atoms with van der Waals surface area (Å²) < 4.78 is 5.26. The van der Waals surface area contributed by atoms with Gasteiger partial charge in [-0.05, 0) is 30.0 Å². The maximum atomic E-state index is 5.26. The van der Waals surface area contributed by atoms with Crippen LogP contribution in [0.25, 0.3) is 11.0 Å². The molecule has 0 aliphatic rings. The molecule has 0 fully saturated rings. The third-order valence-electron chi connectivity index (χ3n) is 2.52. The molecule has 0 atom stereocenters.